The summed E-state index contributed by atoms with van der Waals surface area (Å²) in [6, 6.07) is 6.80. The second kappa shape index (κ2) is 30.3. The minimum Gasteiger partial charge on any atom is -0.497 e. The van der Waals surface area contributed by atoms with E-state index in [1.807, 2.05) is 0 Å². The number of aliphatic hydroxyl groups is 12. The zero-order valence-corrected chi connectivity index (χ0v) is 59.8. The number of ether oxygens (including phenoxy) is 14. The van der Waals surface area contributed by atoms with Crippen molar-refractivity contribution < 1.29 is 152 Å². The molecule has 31 heteroatoms. The summed E-state index contributed by atoms with van der Waals surface area (Å²) in [4.78, 5) is 70.9. The predicted molar refractivity (Wildman–Crippen MR) is 349 cm³/mol. The monoisotopic (exact) mass is 1460 g/mol. The molecule has 0 amide bonds. The summed E-state index contributed by atoms with van der Waals surface area (Å²) in [7, 11) is 2.53. The third-order valence-corrected chi connectivity index (χ3v) is 25.2. The molecular formula is C72H104O31. The van der Waals surface area contributed by atoms with Gasteiger partial charge in [0.2, 0.25) is 6.29 Å². The third kappa shape index (κ3) is 14.2. The minimum absolute atomic E-state index is 0.0588. The number of fused-ring (bicyclic) bond motifs is 7. The Labute approximate surface area is 596 Å². The second-order valence-electron chi connectivity index (χ2n) is 31.7. The molecule has 10 aliphatic rings. The number of rotatable bonds is 18. The van der Waals surface area contributed by atoms with Crippen LogP contribution in [-0.4, -0.2) is 279 Å². The van der Waals surface area contributed by atoms with E-state index in [1.165, 1.54) is 27.0 Å². The van der Waals surface area contributed by atoms with Gasteiger partial charge in [-0.3, -0.25) is 9.59 Å². The summed E-state index contributed by atoms with van der Waals surface area (Å²) in [5, 5.41) is 134. The van der Waals surface area contributed by atoms with Crippen LogP contribution in [0.15, 0.2) is 42.0 Å². The first kappa shape index (κ1) is 79.3. The molecule has 11 rings (SSSR count). The van der Waals surface area contributed by atoms with Gasteiger partial charge in [0.15, 0.2) is 49.6 Å². The first-order valence-corrected chi connectivity index (χ1v) is 35.6. The van der Waals surface area contributed by atoms with Crippen LogP contribution in [0.3, 0.4) is 0 Å². The van der Waals surface area contributed by atoms with Gasteiger partial charge in [-0.15, -0.1) is 0 Å². The molecule has 4 saturated carbocycles. The third-order valence-electron chi connectivity index (χ3n) is 25.2. The predicted octanol–water partition coefficient (Wildman–Crippen LogP) is -0.343. The van der Waals surface area contributed by atoms with E-state index >= 15 is 4.79 Å². The van der Waals surface area contributed by atoms with E-state index in [-0.39, 0.29) is 25.2 Å². The average Bonchev–Trinajstić information content (AvgIpc) is 0.669. The molecule has 0 unspecified atom stereocenters. The van der Waals surface area contributed by atoms with Crippen LogP contribution in [0, 0.1) is 50.2 Å². The summed E-state index contributed by atoms with van der Waals surface area (Å²) in [6.45, 7) is 15.0. The lowest BCUT2D eigenvalue weighted by atomic mass is 9.33. The lowest BCUT2D eigenvalue weighted by molar-refractivity contribution is -0.391. The van der Waals surface area contributed by atoms with E-state index in [0.29, 0.717) is 49.8 Å². The molecule has 578 valence electrons. The maximum atomic E-state index is 16.0. The zero-order chi connectivity index (χ0) is 75.1. The van der Waals surface area contributed by atoms with Crippen molar-refractivity contribution in [2.24, 2.45) is 50.2 Å². The van der Waals surface area contributed by atoms with Gasteiger partial charge in [-0.1, -0.05) is 65.3 Å². The highest BCUT2D eigenvalue weighted by molar-refractivity contribution is 5.87. The van der Waals surface area contributed by atoms with Crippen molar-refractivity contribution >= 4 is 36.2 Å². The molecule has 5 saturated heterocycles. The number of aliphatic hydroxyl groups excluding tert-OH is 12. The first-order chi connectivity index (χ1) is 48.5. The van der Waals surface area contributed by atoms with E-state index < -0.39 is 241 Å². The highest BCUT2D eigenvalue weighted by Crippen LogP contribution is 2.76. The van der Waals surface area contributed by atoms with Crippen LogP contribution in [0.2, 0.25) is 0 Å². The Morgan fingerprint density at radius 1 is 0.602 bits per heavy atom. The van der Waals surface area contributed by atoms with E-state index in [1.54, 1.807) is 31.2 Å². The SMILES string of the molecule is COC(=O)[C@H]1O[C@@H](O[C@H]2CC[C@]3(C)[C@H]4CC=C5[C@@H]6CC(C)(C)CC[C@]6(C(=O)O[C@@H]6O[C@H](C)[C@H](OC(=O)/C=C/c7ccc(OC)cc7)[C@H](OC(C)=O)[C@H]6O[C@@H]6O[C@@H](C)[C@H](O)[C@@H](O)[C@H]6O)[C@H](O)C[C@@]5(C)[C@]4(C)CC[C@H]3[C@]2(C)C=O)[C@H](O[C@@H]2O[C@H](CO)[C@@H](O)[C@H](O)[C@H]2O)[C@@H](O[C@@H]2OC[C@@H](O)[C@H](O)[C@H]2O)[C@@H]1O. The molecule has 34 atom stereocenters. The largest absolute Gasteiger partial charge is 0.497 e. The summed E-state index contributed by atoms with van der Waals surface area (Å²) in [5.74, 6) is -4.55. The molecule has 103 heavy (non-hydrogen) atoms. The van der Waals surface area contributed by atoms with Gasteiger partial charge in [0, 0.05) is 13.0 Å². The van der Waals surface area contributed by atoms with Crippen molar-refractivity contribution in [1.29, 1.82) is 0 Å². The van der Waals surface area contributed by atoms with Crippen molar-refractivity contribution in [2.75, 3.05) is 27.4 Å². The van der Waals surface area contributed by atoms with Gasteiger partial charge in [-0.25, -0.2) is 9.59 Å². The molecule has 9 fully saturated rings. The van der Waals surface area contributed by atoms with Crippen LogP contribution in [0.25, 0.3) is 6.08 Å². The van der Waals surface area contributed by atoms with Crippen molar-refractivity contribution in [1.82, 2.24) is 0 Å². The highest BCUT2D eigenvalue weighted by Gasteiger charge is 2.73. The van der Waals surface area contributed by atoms with Crippen molar-refractivity contribution in [2.45, 2.75) is 280 Å². The Kier molecular flexibility index (Phi) is 23.3. The fourth-order valence-electron chi connectivity index (χ4n) is 19.1. The minimum atomic E-state index is -2.09. The van der Waals surface area contributed by atoms with Gasteiger partial charge in [-0.2, -0.15) is 0 Å². The molecule has 0 radical (unpaired) electrons. The van der Waals surface area contributed by atoms with Crippen LogP contribution in [0.1, 0.15) is 126 Å². The molecule has 0 aromatic heterocycles. The molecule has 0 bridgehead atoms. The molecule has 31 nitrogen and oxygen atoms in total. The van der Waals surface area contributed by atoms with Crippen LogP contribution < -0.4 is 4.74 Å². The number of carbonyl (C=O) groups excluding carboxylic acids is 5. The normalized spacial score (nSPS) is 48.1. The Bertz CT molecular complexity index is 3260. The number of benzene rings is 1. The summed E-state index contributed by atoms with van der Waals surface area (Å²) < 4.78 is 84.4. The van der Waals surface area contributed by atoms with Crippen LogP contribution in [0.4, 0.5) is 0 Å². The Hall–Kier alpha value is -4.79. The maximum absolute atomic E-state index is 16.0. The van der Waals surface area contributed by atoms with Gasteiger partial charge in [0.1, 0.15) is 96.8 Å². The van der Waals surface area contributed by atoms with E-state index in [0.717, 1.165) is 32.0 Å². The molecule has 5 aliphatic heterocycles. The molecule has 0 spiro atoms. The van der Waals surface area contributed by atoms with E-state index in [9.17, 15) is 80.5 Å². The number of esters is 4. The van der Waals surface area contributed by atoms with Crippen molar-refractivity contribution in [3.63, 3.8) is 0 Å². The number of aldehydes is 1. The highest BCUT2D eigenvalue weighted by atomic mass is 16.8. The number of hydrogen-bond acceptors (Lipinski definition) is 31. The maximum Gasteiger partial charge on any atom is 0.337 e. The van der Waals surface area contributed by atoms with Crippen molar-refractivity contribution in [3.8, 4) is 5.75 Å². The summed E-state index contributed by atoms with van der Waals surface area (Å²) in [6.07, 6.45) is -36.3. The van der Waals surface area contributed by atoms with Gasteiger partial charge < -0.3 is 132 Å². The van der Waals surface area contributed by atoms with Crippen LogP contribution in [-0.2, 0) is 85.6 Å². The fraction of sp³-hybridized carbons (Fsp3) is 0.792. The number of hydrogen-bond donors (Lipinski definition) is 12. The lowest BCUT2D eigenvalue weighted by Gasteiger charge is -2.71. The smallest absolute Gasteiger partial charge is 0.337 e. The van der Waals surface area contributed by atoms with E-state index in [2.05, 4.69) is 40.7 Å². The quantitative estimate of drug-likeness (QED) is 0.0223. The molecule has 5 heterocycles. The lowest BCUT2D eigenvalue weighted by Crippen LogP contribution is -2.69. The number of allylic oxidation sites excluding steroid dienone is 2. The van der Waals surface area contributed by atoms with Gasteiger partial charge >= 0.3 is 23.9 Å². The van der Waals surface area contributed by atoms with Gasteiger partial charge in [0.05, 0.1) is 57.3 Å². The zero-order valence-electron chi connectivity index (χ0n) is 59.8. The first-order valence-electron chi connectivity index (χ1n) is 35.6. The molecular weight excluding hydrogens is 1360 g/mol. The fourth-order valence-corrected chi connectivity index (χ4v) is 19.1. The summed E-state index contributed by atoms with van der Waals surface area (Å²) >= 11 is 0. The Balaban J connectivity index is 0.894. The standard InChI is InChI=1S/C72H104O31/c1-31-45(79)48(82)51(85)62(93-31)102-59-57(95-33(3)75)54(98-44(78)19-14-34-12-15-35(90-10)16-13-34)32(2)94-64(59)103-66(89)72-25-24-67(4,5)26-37(72)36-17-18-41-68(6)22-21-43(69(7,30-74)40(68)20-23-70(41,8)71(36,9)27-42(72)77)97-65-58(101-63-52(86)49(83)47(81)39(28-73)96-63)55(53(87)56(100-65)60(88)91-11)99-61-50(84)46(80)38(76)29-92-61/h12-17,19,30-32,37-43,45-59,61-65,73,76-77,79-87H,18,20-29H2,1-11H3/b19-14+/t31-,32+,37-,38+,39+,40+,41+,42+,43-,45-,46-,47+,48+,49-,50+,51+,52+,53-,54-,55-,56-,57-,58+,59+,61-,62-,63-,64-,65+,68-,69-,70+,71+,72+/m0/s1. The Morgan fingerprint density at radius 3 is 1.87 bits per heavy atom. The molecule has 12 N–H and O–H groups in total. The van der Waals surface area contributed by atoms with Crippen LogP contribution >= 0.6 is 0 Å². The topological polar surface area (TPSA) is 457 Å². The number of carbonyl (C=O) groups is 5. The Morgan fingerprint density at radius 2 is 1.23 bits per heavy atom. The average molecular weight is 1470 g/mol. The van der Waals surface area contributed by atoms with Crippen LogP contribution in [0.5, 0.6) is 5.75 Å². The molecule has 5 aliphatic carbocycles. The molecule has 1 aromatic carbocycles. The van der Waals surface area contributed by atoms with Gasteiger partial charge in [-0.05, 0) is 135 Å². The molecule has 1 aromatic rings. The van der Waals surface area contributed by atoms with E-state index in [4.69, 9.17) is 66.3 Å². The van der Waals surface area contributed by atoms with Crippen molar-refractivity contribution in [3.05, 3.63) is 47.6 Å². The second-order valence-corrected chi connectivity index (χ2v) is 31.7. The summed E-state index contributed by atoms with van der Waals surface area (Å²) in [5.41, 5.74) is -4.07. The number of methoxy groups -OCH3 is 2. The van der Waals surface area contributed by atoms with Gasteiger partial charge in [0.25, 0.3) is 0 Å².